The van der Waals surface area contributed by atoms with Crippen molar-refractivity contribution in [3.05, 3.63) is 59.7 Å². The first-order valence-corrected chi connectivity index (χ1v) is 8.42. The highest BCUT2D eigenvalue weighted by Crippen LogP contribution is 2.28. The molecule has 0 bridgehead atoms. The van der Waals surface area contributed by atoms with Crippen molar-refractivity contribution in [2.45, 2.75) is 25.5 Å². The predicted molar refractivity (Wildman–Crippen MR) is 98.6 cm³/mol. The molecule has 1 aliphatic heterocycles. The smallest absolute Gasteiger partial charge is 0.264 e. The molecule has 2 aromatic carbocycles. The lowest BCUT2D eigenvalue weighted by Gasteiger charge is -2.16. The summed E-state index contributed by atoms with van der Waals surface area (Å²) in [6.07, 6.45) is -0.288. The van der Waals surface area contributed by atoms with Gasteiger partial charge in [0, 0.05) is 12.0 Å². The van der Waals surface area contributed by atoms with Gasteiger partial charge in [0.05, 0.1) is 26.0 Å². The lowest BCUT2D eigenvalue weighted by Crippen LogP contribution is -2.36. The molecule has 0 aliphatic carbocycles. The van der Waals surface area contributed by atoms with Crippen LogP contribution >= 0.6 is 0 Å². The van der Waals surface area contributed by atoms with Gasteiger partial charge in [-0.2, -0.15) is 0 Å². The number of nitrogens with zero attached hydrogens (tertiary/aromatic N) is 1. The summed E-state index contributed by atoms with van der Waals surface area (Å²) in [4.78, 5) is 17.9. The Labute approximate surface area is 152 Å². The molecule has 136 valence electrons. The first-order valence-electron chi connectivity index (χ1n) is 8.42. The molecule has 2 aromatic rings. The molecule has 0 saturated carbocycles. The Morgan fingerprint density at radius 3 is 2.65 bits per heavy atom. The topological polar surface area (TPSA) is 69.1 Å². The second kappa shape index (κ2) is 7.91. The zero-order chi connectivity index (χ0) is 18.5. The van der Waals surface area contributed by atoms with E-state index in [4.69, 9.17) is 14.3 Å². The number of nitrogens with one attached hydrogen (secondary N) is 1. The summed E-state index contributed by atoms with van der Waals surface area (Å²) >= 11 is 0. The van der Waals surface area contributed by atoms with Crippen LogP contribution < -0.4 is 14.8 Å². The molecule has 26 heavy (non-hydrogen) atoms. The third-order valence-electron chi connectivity index (χ3n) is 4.34. The lowest BCUT2D eigenvalue weighted by atomic mass is 10.0. The fourth-order valence-corrected chi connectivity index (χ4v) is 2.85. The third kappa shape index (κ3) is 3.79. The number of hydrogen-bond donors (Lipinski definition) is 1. The number of methoxy groups -OCH3 is 2. The number of oxime groups is 1. The van der Waals surface area contributed by atoms with E-state index in [0.29, 0.717) is 23.6 Å². The van der Waals surface area contributed by atoms with Crippen LogP contribution in [0.25, 0.3) is 0 Å². The highest BCUT2D eigenvalue weighted by Gasteiger charge is 2.31. The van der Waals surface area contributed by atoms with E-state index in [0.717, 1.165) is 11.1 Å². The average Bonchev–Trinajstić information content (AvgIpc) is 3.18. The van der Waals surface area contributed by atoms with Crippen LogP contribution in [0, 0.1) is 0 Å². The summed E-state index contributed by atoms with van der Waals surface area (Å²) in [7, 11) is 3.19. The molecule has 0 unspecified atom stereocenters. The Kier molecular flexibility index (Phi) is 5.41. The van der Waals surface area contributed by atoms with Gasteiger partial charge in [-0.05, 0) is 30.7 Å². The summed E-state index contributed by atoms with van der Waals surface area (Å²) in [5.41, 5.74) is 2.46. The van der Waals surface area contributed by atoms with Crippen molar-refractivity contribution in [1.82, 2.24) is 5.32 Å². The van der Waals surface area contributed by atoms with Crippen molar-refractivity contribution in [1.29, 1.82) is 0 Å². The number of ether oxygens (including phenoxy) is 2. The van der Waals surface area contributed by atoms with E-state index in [9.17, 15) is 4.79 Å². The Hall–Kier alpha value is -3.02. The van der Waals surface area contributed by atoms with E-state index in [1.807, 2.05) is 55.5 Å². The Bertz CT molecular complexity index is 805. The molecule has 1 heterocycles. The molecule has 3 rings (SSSR count). The summed E-state index contributed by atoms with van der Waals surface area (Å²) in [5.74, 6) is 1.16. The molecule has 0 aromatic heterocycles. The SMILES string of the molecule is COc1ccc(OC)c(C2=NO[C@H](C(=O)N[C@@H](C)c3ccccc3)C2)c1. The molecule has 0 radical (unpaired) electrons. The van der Waals surface area contributed by atoms with E-state index in [1.165, 1.54) is 0 Å². The van der Waals surface area contributed by atoms with E-state index in [2.05, 4.69) is 10.5 Å². The standard InChI is InChI=1S/C20H22N2O4/c1-13(14-7-5-4-6-8-14)21-20(23)19-12-17(22-26-19)16-11-15(24-2)9-10-18(16)25-3/h4-11,13,19H,12H2,1-3H3,(H,21,23)/t13-,19-/m0/s1. The molecule has 6 heteroatoms. The molecule has 1 aliphatic rings. The van der Waals surface area contributed by atoms with Gasteiger partial charge in [0.25, 0.3) is 5.91 Å². The Morgan fingerprint density at radius 1 is 1.19 bits per heavy atom. The van der Waals surface area contributed by atoms with Gasteiger partial charge in [-0.3, -0.25) is 4.79 Å². The summed E-state index contributed by atoms with van der Waals surface area (Å²) in [6, 6.07) is 15.1. The van der Waals surface area contributed by atoms with Gasteiger partial charge in [-0.15, -0.1) is 0 Å². The van der Waals surface area contributed by atoms with Crippen molar-refractivity contribution in [2.24, 2.45) is 5.16 Å². The van der Waals surface area contributed by atoms with Crippen molar-refractivity contribution in [3.63, 3.8) is 0 Å². The molecule has 6 nitrogen and oxygen atoms in total. The van der Waals surface area contributed by atoms with Crippen LogP contribution in [-0.2, 0) is 9.63 Å². The maximum atomic E-state index is 12.5. The molecule has 1 N–H and O–H groups in total. The van der Waals surface area contributed by atoms with Crippen LogP contribution in [0.5, 0.6) is 11.5 Å². The van der Waals surface area contributed by atoms with E-state index >= 15 is 0 Å². The van der Waals surface area contributed by atoms with E-state index < -0.39 is 6.10 Å². The van der Waals surface area contributed by atoms with Crippen molar-refractivity contribution in [3.8, 4) is 11.5 Å². The number of rotatable bonds is 6. The highest BCUT2D eigenvalue weighted by atomic mass is 16.6. The largest absolute Gasteiger partial charge is 0.497 e. The average molecular weight is 354 g/mol. The highest BCUT2D eigenvalue weighted by molar-refractivity contribution is 6.06. The zero-order valence-electron chi connectivity index (χ0n) is 15.1. The van der Waals surface area contributed by atoms with Gasteiger partial charge in [0.15, 0.2) is 0 Å². The van der Waals surface area contributed by atoms with Gasteiger partial charge < -0.3 is 19.6 Å². The van der Waals surface area contributed by atoms with Crippen molar-refractivity contribution < 1.29 is 19.1 Å². The monoisotopic (exact) mass is 354 g/mol. The summed E-state index contributed by atoms with van der Waals surface area (Å²) in [6.45, 7) is 1.94. The van der Waals surface area contributed by atoms with Gasteiger partial charge in [-0.25, -0.2) is 0 Å². The minimum absolute atomic E-state index is 0.109. The van der Waals surface area contributed by atoms with Gasteiger partial charge in [0.2, 0.25) is 6.10 Å². The minimum atomic E-state index is -0.660. The fraction of sp³-hybridized carbons (Fsp3) is 0.300. The van der Waals surface area contributed by atoms with Crippen LogP contribution in [0.1, 0.15) is 30.5 Å². The summed E-state index contributed by atoms with van der Waals surface area (Å²) < 4.78 is 10.6. The van der Waals surface area contributed by atoms with Crippen LogP contribution in [0.3, 0.4) is 0 Å². The lowest BCUT2D eigenvalue weighted by molar-refractivity contribution is -0.131. The minimum Gasteiger partial charge on any atom is -0.497 e. The normalized spacial score (nSPS) is 17.0. The maximum absolute atomic E-state index is 12.5. The number of hydrogen-bond acceptors (Lipinski definition) is 5. The van der Waals surface area contributed by atoms with Crippen LogP contribution in [-0.4, -0.2) is 31.9 Å². The number of benzene rings is 2. The molecule has 0 fully saturated rings. The van der Waals surface area contributed by atoms with Crippen LogP contribution in [0.4, 0.5) is 0 Å². The second-order valence-corrected chi connectivity index (χ2v) is 6.04. The van der Waals surface area contributed by atoms with Crippen molar-refractivity contribution >= 4 is 11.6 Å². The van der Waals surface area contributed by atoms with Gasteiger partial charge >= 0.3 is 0 Å². The Morgan fingerprint density at radius 2 is 1.96 bits per heavy atom. The van der Waals surface area contributed by atoms with E-state index in [-0.39, 0.29) is 11.9 Å². The predicted octanol–water partition coefficient (Wildman–Crippen LogP) is 3.07. The molecular weight excluding hydrogens is 332 g/mol. The molecule has 1 amide bonds. The number of amides is 1. The Balaban J connectivity index is 1.67. The van der Waals surface area contributed by atoms with E-state index in [1.54, 1.807) is 14.2 Å². The van der Waals surface area contributed by atoms with Crippen LogP contribution in [0.15, 0.2) is 53.7 Å². The molecule has 0 spiro atoms. The number of carbonyl (C=O) groups is 1. The second-order valence-electron chi connectivity index (χ2n) is 6.04. The molecular formula is C20H22N2O4. The maximum Gasteiger partial charge on any atom is 0.264 e. The fourth-order valence-electron chi connectivity index (χ4n) is 2.85. The van der Waals surface area contributed by atoms with Crippen LogP contribution in [0.2, 0.25) is 0 Å². The number of carbonyl (C=O) groups excluding carboxylic acids is 1. The molecule has 0 saturated heterocycles. The summed E-state index contributed by atoms with van der Waals surface area (Å²) in [5, 5.41) is 7.06. The quantitative estimate of drug-likeness (QED) is 0.866. The molecule has 2 atom stereocenters. The van der Waals surface area contributed by atoms with Crippen molar-refractivity contribution in [2.75, 3.05) is 14.2 Å². The zero-order valence-corrected chi connectivity index (χ0v) is 15.1. The van der Waals surface area contributed by atoms with Gasteiger partial charge in [0.1, 0.15) is 11.5 Å². The first-order chi connectivity index (χ1) is 12.6. The third-order valence-corrected chi connectivity index (χ3v) is 4.34. The van der Waals surface area contributed by atoms with Gasteiger partial charge in [-0.1, -0.05) is 35.5 Å². The first kappa shape index (κ1) is 17.8.